The van der Waals surface area contributed by atoms with Gasteiger partial charge in [0.1, 0.15) is 5.60 Å². The molecule has 1 aromatic rings. The molecule has 18 heavy (non-hydrogen) atoms. The second-order valence-corrected chi connectivity index (χ2v) is 5.36. The molecule has 1 aliphatic rings. The van der Waals surface area contributed by atoms with Crippen LogP contribution in [-0.2, 0) is 4.74 Å². The molecule has 96 valence electrons. The van der Waals surface area contributed by atoms with Crippen LogP contribution in [-0.4, -0.2) is 23.9 Å². The lowest BCUT2D eigenvalue weighted by Gasteiger charge is -2.21. The molecule has 0 saturated heterocycles. The Hall–Kier alpha value is -1.84. The van der Waals surface area contributed by atoms with E-state index in [4.69, 9.17) is 4.74 Å². The first kappa shape index (κ1) is 12.6. The predicted molar refractivity (Wildman–Crippen MR) is 69.0 cm³/mol. The molecular weight excluding hydrogens is 230 g/mol. The third-order valence-electron chi connectivity index (χ3n) is 2.62. The molecule has 0 aliphatic carbocycles. The number of anilines is 1. The van der Waals surface area contributed by atoms with Crippen LogP contribution in [0, 0.1) is 0 Å². The molecule has 1 aromatic carbocycles. The lowest BCUT2D eigenvalue weighted by molar-refractivity contribution is 0.00695. The third kappa shape index (κ3) is 2.70. The van der Waals surface area contributed by atoms with Crippen molar-refractivity contribution in [2.24, 2.45) is 0 Å². The van der Waals surface area contributed by atoms with E-state index in [-0.39, 0.29) is 5.78 Å². The summed E-state index contributed by atoms with van der Waals surface area (Å²) in [5.41, 5.74) is 1.25. The molecule has 1 N–H and O–H groups in total. The quantitative estimate of drug-likeness (QED) is 0.775. The molecule has 0 saturated carbocycles. The van der Waals surface area contributed by atoms with Crippen molar-refractivity contribution in [3.8, 4) is 0 Å². The number of carbonyl (C=O) groups excluding carboxylic acids is 2. The van der Waals surface area contributed by atoms with Crippen LogP contribution < -0.4 is 5.32 Å². The highest BCUT2D eigenvalue weighted by Gasteiger charge is 2.22. The number of ketones is 1. The summed E-state index contributed by atoms with van der Waals surface area (Å²) in [5, 5.41) is 3.13. The number of carbonyl (C=O) groups is 2. The van der Waals surface area contributed by atoms with Gasteiger partial charge in [-0.05, 0) is 39.0 Å². The minimum Gasteiger partial charge on any atom is -0.456 e. The fourth-order valence-electron chi connectivity index (χ4n) is 1.84. The average molecular weight is 247 g/mol. The molecule has 0 amide bonds. The van der Waals surface area contributed by atoms with Crippen LogP contribution in [0.2, 0.25) is 0 Å². The lowest BCUT2D eigenvalue weighted by atomic mass is 9.99. The summed E-state index contributed by atoms with van der Waals surface area (Å²) in [6.07, 6.45) is 0.463. The predicted octanol–water partition coefficient (Wildman–Crippen LogP) is 2.64. The van der Waals surface area contributed by atoms with Crippen molar-refractivity contribution in [3.05, 3.63) is 29.3 Å². The zero-order chi connectivity index (χ0) is 13.3. The van der Waals surface area contributed by atoms with Crippen molar-refractivity contribution in [2.75, 3.05) is 11.9 Å². The molecule has 0 unspecified atom stereocenters. The van der Waals surface area contributed by atoms with Crippen LogP contribution in [0.1, 0.15) is 47.9 Å². The molecule has 0 spiro atoms. The maximum atomic E-state index is 11.9. The molecule has 0 aromatic heterocycles. The first-order valence-electron chi connectivity index (χ1n) is 6.01. The Labute approximate surface area is 106 Å². The normalized spacial score (nSPS) is 14.7. The summed E-state index contributed by atoms with van der Waals surface area (Å²) in [6.45, 7) is 6.10. The van der Waals surface area contributed by atoms with Crippen LogP contribution in [0.15, 0.2) is 18.2 Å². The summed E-state index contributed by atoms with van der Waals surface area (Å²) in [7, 11) is 0. The Kier molecular flexibility index (Phi) is 3.11. The molecule has 4 heteroatoms. The summed E-state index contributed by atoms with van der Waals surface area (Å²) < 4.78 is 5.28. The van der Waals surface area contributed by atoms with Crippen molar-refractivity contribution in [3.63, 3.8) is 0 Å². The highest BCUT2D eigenvalue weighted by molar-refractivity contribution is 6.05. The van der Waals surface area contributed by atoms with Gasteiger partial charge in [0.15, 0.2) is 5.78 Å². The van der Waals surface area contributed by atoms with Crippen molar-refractivity contribution in [2.45, 2.75) is 32.8 Å². The Morgan fingerprint density at radius 1 is 1.33 bits per heavy atom. The number of hydrogen-bond acceptors (Lipinski definition) is 4. The van der Waals surface area contributed by atoms with Crippen LogP contribution >= 0.6 is 0 Å². The minimum atomic E-state index is -0.532. The van der Waals surface area contributed by atoms with E-state index in [2.05, 4.69) is 5.32 Å². The minimum absolute atomic E-state index is 0.0640. The summed E-state index contributed by atoms with van der Waals surface area (Å²) in [5.74, 6) is -0.335. The maximum Gasteiger partial charge on any atom is 0.338 e. The van der Waals surface area contributed by atoms with Gasteiger partial charge in [0.2, 0.25) is 0 Å². The second-order valence-electron chi connectivity index (χ2n) is 5.36. The van der Waals surface area contributed by atoms with Gasteiger partial charge in [-0.25, -0.2) is 4.79 Å². The van der Waals surface area contributed by atoms with E-state index in [1.807, 2.05) is 20.8 Å². The second kappa shape index (κ2) is 4.44. The van der Waals surface area contributed by atoms with Crippen molar-refractivity contribution in [1.29, 1.82) is 0 Å². The summed E-state index contributed by atoms with van der Waals surface area (Å²) in [4.78, 5) is 23.7. The summed E-state index contributed by atoms with van der Waals surface area (Å²) in [6, 6.07) is 5.04. The van der Waals surface area contributed by atoms with E-state index in [1.165, 1.54) is 0 Å². The SMILES string of the molecule is CC(C)(C)OC(=O)c1ccc2c(c1)C(=O)CCN2. The number of benzene rings is 1. The molecule has 0 bridgehead atoms. The maximum absolute atomic E-state index is 11.9. The van der Waals surface area contributed by atoms with Gasteiger partial charge >= 0.3 is 5.97 Å². The fraction of sp³-hybridized carbons (Fsp3) is 0.429. The third-order valence-corrected chi connectivity index (χ3v) is 2.62. The Morgan fingerprint density at radius 3 is 2.72 bits per heavy atom. The van der Waals surface area contributed by atoms with E-state index in [0.29, 0.717) is 24.1 Å². The number of Topliss-reactive ketones (excluding diaryl/α,β-unsaturated/α-hetero) is 1. The van der Waals surface area contributed by atoms with Crippen LogP contribution in [0.4, 0.5) is 5.69 Å². The van der Waals surface area contributed by atoms with Crippen molar-refractivity contribution >= 4 is 17.4 Å². The first-order valence-corrected chi connectivity index (χ1v) is 6.01. The highest BCUT2D eigenvalue weighted by atomic mass is 16.6. The standard InChI is InChI=1S/C14H17NO3/c1-14(2,3)18-13(17)9-4-5-11-10(8-9)12(16)6-7-15-11/h4-5,8,15H,6-7H2,1-3H3. The molecule has 1 heterocycles. The monoisotopic (exact) mass is 247 g/mol. The molecule has 0 radical (unpaired) electrons. The van der Waals surface area contributed by atoms with Crippen LogP contribution in [0.25, 0.3) is 0 Å². The lowest BCUT2D eigenvalue weighted by Crippen LogP contribution is -2.24. The van der Waals surface area contributed by atoms with Gasteiger partial charge in [-0.1, -0.05) is 0 Å². The zero-order valence-corrected chi connectivity index (χ0v) is 10.9. The van der Waals surface area contributed by atoms with Gasteiger partial charge in [-0.2, -0.15) is 0 Å². The van der Waals surface area contributed by atoms with Gasteiger partial charge < -0.3 is 10.1 Å². The van der Waals surface area contributed by atoms with E-state index >= 15 is 0 Å². The largest absolute Gasteiger partial charge is 0.456 e. The van der Waals surface area contributed by atoms with Crippen LogP contribution in [0.3, 0.4) is 0 Å². The Balaban J connectivity index is 2.28. The smallest absolute Gasteiger partial charge is 0.338 e. The molecule has 2 rings (SSSR count). The molecule has 1 aliphatic heterocycles. The van der Waals surface area contributed by atoms with E-state index in [9.17, 15) is 9.59 Å². The van der Waals surface area contributed by atoms with Gasteiger partial charge in [-0.15, -0.1) is 0 Å². The fourth-order valence-corrected chi connectivity index (χ4v) is 1.84. The van der Waals surface area contributed by atoms with Gasteiger partial charge in [-0.3, -0.25) is 4.79 Å². The number of rotatable bonds is 1. The van der Waals surface area contributed by atoms with E-state index in [0.717, 1.165) is 5.69 Å². The number of ether oxygens (including phenoxy) is 1. The number of fused-ring (bicyclic) bond motifs is 1. The van der Waals surface area contributed by atoms with E-state index in [1.54, 1.807) is 18.2 Å². The number of nitrogens with one attached hydrogen (secondary N) is 1. The topological polar surface area (TPSA) is 55.4 Å². The molecule has 0 fully saturated rings. The average Bonchev–Trinajstić information content (AvgIpc) is 2.27. The number of hydrogen-bond donors (Lipinski definition) is 1. The van der Waals surface area contributed by atoms with E-state index < -0.39 is 11.6 Å². The Morgan fingerprint density at radius 2 is 2.06 bits per heavy atom. The first-order chi connectivity index (χ1) is 8.37. The highest BCUT2D eigenvalue weighted by Crippen LogP contribution is 2.24. The zero-order valence-electron chi connectivity index (χ0n) is 10.9. The Bertz CT molecular complexity index is 500. The molecule has 0 atom stereocenters. The van der Waals surface area contributed by atoms with Crippen LogP contribution in [0.5, 0.6) is 0 Å². The van der Waals surface area contributed by atoms with Crippen molar-refractivity contribution in [1.82, 2.24) is 0 Å². The van der Waals surface area contributed by atoms with Gasteiger partial charge in [0.25, 0.3) is 0 Å². The van der Waals surface area contributed by atoms with Crippen molar-refractivity contribution < 1.29 is 14.3 Å². The summed E-state index contributed by atoms with van der Waals surface area (Å²) >= 11 is 0. The van der Waals surface area contributed by atoms with Gasteiger partial charge in [0, 0.05) is 24.2 Å². The van der Waals surface area contributed by atoms with Gasteiger partial charge in [0.05, 0.1) is 5.56 Å². The molecular formula is C14H17NO3. The molecule has 4 nitrogen and oxygen atoms in total. The number of esters is 1.